The van der Waals surface area contributed by atoms with Gasteiger partial charge >= 0.3 is 0 Å². The second-order valence-electron chi connectivity index (χ2n) is 5.54. The van der Waals surface area contributed by atoms with E-state index in [2.05, 4.69) is 15.8 Å². The molecule has 0 saturated heterocycles. The van der Waals surface area contributed by atoms with Crippen molar-refractivity contribution in [1.82, 2.24) is 5.43 Å². The van der Waals surface area contributed by atoms with Crippen molar-refractivity contribution >= 4 is 34.8 Å². The molecule has 0 radical (unpaired) electrons. The first kappa shape index (κ1) is 18.5. The Hall–Kier alpha value is -2.86. The molecular weight excluding hydrogens is 342 g/mol. The maximum Gasteiger partial charge on any atom is 0.275 e. The van der Waals surface area contributed by atoms with Crippen molar-refractivity contribution in [3.8, 4) is 5.75 Å². The number of phenols is 1. The first-order chi connectivity index (χ1) is 11.8. The Morgan fingerprint density at radius 3 is 2.52 bits per heavy atom. The summed E-state index contributed by atoms with van der Waals surface area (Å²) >= 11 is 5.80. The summed E-state index contributed by atoms with van der Waals surface area (Å²) in [6.07, 6.45) is 0.0235. The van der Waals surface area contributed by atoms with Gasteiger partial charge in [0.1, 0.15) is 5.75 Å². The Morgan fingerprint density at radius 2 is 1.84 bits per heavy atom. The maximum absolute atomic E-state index is 12.0. The molecule has 130 valence electrons. The summed E-state index contributed by atoms with van der Waals surface area (Å²) in [6.45, 7) is 3.58. The topological polar surface area (TPSA) is 90.8 Å². The van der Waals surface area contributed by atoms with E-state index in [4.69, 9.17) is 11.6 Å². The number of benzene rings is 2. The van der Waals surface area contributed by atoms with Crippen molar-refractivity contribution < 1.29 is 14.7 Å². The summed E-state index contributed by atoms with van der Waals surface area (Å²) < 4.78 is 0. The lowest BCUT2D eigenvalue weighted by molar-refractivity contribution is -0.115. The van der Waals surface area contributed by atoms with Gasteiger partial charge in [-0.25, -0.2) is 5.43 Å². The van der Waals surface area contributed by atoms with E-state index in [0.29, 0.717) is 16.4 Å². The first-order valence-electron chi connectivity index (χ1n) is 7.53. The highest BCUT2D eigenvalue weighted by Crippen LogP contribution is 2.21. The van der Waals surface area contributed by atoms with Crippen molar-refractivity contribution in [3.63, 3.8) is 0 Å². The number of hydrogen-bond donors (Lipinski definition) is 3. The van der Waals surface area contributed by atoms with Gasteiger partial charge in [-0.15, -0.1) is 0 Å². The molecule has 0 fully saturated rings. The Labute approximate surface area is 150 Å². The van der Waals surface area contributed by atoms with Crippen LogP contribution in [0.4, 0.5) is 5.69 Å². The Morgan fingerprint density at radius 1 is 1.16 bits per heavy atom. The minimum Gasteiger partial charge on any atom is -0.507 e. The zero-order valence-corrected chi connectivity index (χ0v) is 14.6. The molecule has 0 bridgehead atoms. The maximum atomic E-state index is 12.0. The van der Waals surface area contributed by atoms with Crippen molar-refractivity contribution in [2.75, 3.05) is 5.32 Å². The molecule has 3 N–H and O–H groups in total. The van der Waals surface area contributed by atoms with Crippen LogP contribution in [0.2, 0.25) is 5.02 Å². The Balaban J connectivity index is 1.92. The largest absolute Gasteiger partial charge is 0.507 e. The summed E-state index contributed by atoms with van der Waals surface area (Å²) in [6, 6.07) is 11.5. The fourth-order valence-corrected chi connectivity index (χ4v) is 2.18. The lowest BCUT2D eigenvalue weighted by Gasteiger charge is -2.06. The van der Waals surface area contributed by atoms with Gasteiger partial charge < -0.3 is 10.4 Å². The zero-order chi connectivity index (χ0) is 18.4. The monoisotopic (exact) mass is 359 g/mol. The molecule has 0 aliphatic rings. The fourth-order valence-electron chi connectivity index (χ4n) is 2.01. The Bertz CT molecular complexity index is 817. The number of amides is 2. The highest BCUT2D eigenvalue weighted by molar-refractivity contribution is 6.31. The number of aromatic hydroxyl groups is 1. The van der Waals surface area contributed by atoms with Gasteiger partial charge in [0.2, 0.25) is 5.91 Å². The Kier molecular flexibility index (Phi) is 6.14. The van der Waals surface area contributed by atoms with Crippen LogP contribution in [0.5, 0.6) is 5.75 Å². The van der Waals surface area contributed by atoms with Crippen LogP contribution in [-0.4, -0.2) is 22.6 Å². The molecule has 0 saturated carbocycles. The third-order valence-corrected chi connectivity index (χ3v) is 3.54. The van der Waals surface area contributed by atoms with Crippen molar-refractivity contribution in [2.24, 2.45) is 5.10 Å². The van der Waals surface area contributed by atoms with Gasteiger partial charge in [-0.05, 0) is 44.2 Å². The molecule has 2 aromatic rings. The van der Waals surface area contributed by atoms with Crippen LogP contribution in [0.15, 0.2) is 47.6 Å². The molecule has 0 aromatic heterocycles. The standard InChI is InChI=1S/C18H18ClN3O3/c1-11-3-6-14(7-4-11)20-17(24)9-12(2)21-22-18(25)15-10-13(19)5-8-16(15)23/h3-8,10,23H,9H2,1-2H3,(H,20,24)(H,22,25)/b21-12+. The van der Waals surface area contributed by atoms with Crippen LogP contribution < -0.4 is 10.7 Å². The average molecular weight is 360 g/mol. The number of halogens is 1. The van der Waals surface area contributed by atoms with E-state index >= 15 is 0 Å². The van der Waals surface area contributed by atoms with Gasteiger partial charge in [-0.3, -0.25) is 9.59 Å². The molecule has 7 heteroatoms. The number of aryl methyl sites for hydroxylation is 1. The number of anilines is 1. The molecule has 6 nitrogen and oxygen atoms in total. The van der Waals surface area contributed by atoms with Gasteiger partial charge in [0.25, 0.3) is 5.91 Å². The minimum atomic E-state index is -0.613. The van der Waals surface area contributed by atoms with Gasteiger partial charge in [0, 0.05) is 16.4 Å². The molecule has 25 heavy (non-hydrogen) atoms. The number of hydrogen-bond acceptors (Lipinski definition) is 4. The second-order valence-corrected chi connectivity index (χ2v) is 5.98. The summed E-state index contributed by atoms with van der Waals surface area (Å²) in [5.74, 6) is -1.06. The third kappa shape index (κ3) is 5.61. The molecule has 0 aliphatic heterocycles. The van der Waals surface area contributed by atoms with E-state index in [9.17, 15) is 14.7 Å². The van der Waals surface area contributed by atoms with Gasteiger partial charge in [-0.2, -0.15) is 5.10 Å². The van der Waals surface area contributed by atoms with Gasteiger partial charge in [0.15, 0.2) is 0 Å². The van der Waals surface area contributed by atoms with Crippen LogP contribution in [-0.2, 0) is 4.79 Å². The summed E-state index contributed by atoms with van der Waals surface area (Å²) in [5, 5.41) is 16.6. The van der Waals surface area contributed by atoms with E-state index in [-0.39, 0.29) is 23.6 Å². The number of rotatable bonds is 5. The molecule has 2 rings (SSSR count). The number of phenolic OH excluding ortho intramolecular Hbond substituents is 1. The van der Waals surface area contributed by atoms with E-state index in [1.165, 1.54) is 18.2 Å². The molecule has 2 amide bonds. The zero-order valence-electron chi connectivity index (χ0n) is 13.8. The predicted molar refractivity (Wildman–Crippen MR) is 98.1 cm³/mol. The predicted octanol–water partition coefficient (Wildman–Crippen LogP) is 3.49. The number of nitrogens with one attached hydrogen (secondary N) is 2. The molecule has 0 spiro atoms. The van der Waals surface area contributed by atoms with Crippen molar-refractivity contribution in [1.29, 1.82) is 0 Å². The van der Waals surface area contributed by atoms with E-state index < -0.39 is 5.91 Å². The number of carbonyl (C=O) groups excluding carboxylic acids is 2. The molecular formula is C18H18ClN3O3. The molecule has 0 unspecified atom stereocenters. The SMILES string of the molecule is C/C(CC(=O)Nc1ccc(C)cc1)=N\NC(=O)c1cc(Cl)ccc1O. The molecule has 0 heterocycles. The third-order valence-electron chi connectivity index (χ3n) is 3.30. The summed E-state index contributed by atoms with van der Waals surface area (Å²) in [7, 11) is 0. The average Bonchev–Trinajstić information content (AvgIpc) is 2.57. The van der Waals surface area contributed by atoms with E-state index in [0.717, 1.165) is 5.56 Å². The lowest BCUT2D eigenvalue weighted by atomic mass is 10.2. The number of nitrogens with zero attached hydrogens (tertiary/aromatic N) is 1. The summed E-state index contributed by atoms with van der Waals surface area (Å²) in [5.41, 5.74) is 4.51. The van der Waals surface area contributed by atoms with E-state index in [1.807, 2.05) is 31.2 Å². The van der Waals surface area contributed by atoms with E-state index in [1.54, 1.807) is 6.92 Å². The van der Waals surface area contributed by atoms with Crippen LogP contribution in [0.25, 0.3) is 0 Å². The van der Waals surface area contributed by atoms with Crippen LogP contribution >= 0.6 is 11.6 Å². The number of carbonyl (C=O) groups is 2. The fraction of sp³-hybridized carbons (Fsp3) is 0.167. The first-order valence-corrected chi connectivity index (χ1v) is 7.91. The molecule has 0 atom stereocenters. The van der Waals surface area contributed by atoms with Crippen molar-refractivity contribution in [2.45, 2.75) is 20.3 Å². The van der Waals surface area contributed by atoms with Crippen LogP contribution in [0, 0.1) is 6.92 Å². The molecule has 2 aromatic carbocycles. The highest BCUT2D eigenvalue weighted by atomic mass is 35.5. The van der Waals surface area contributed by atoms with Crippen LogP contribution in [0.1, 0.15) is 29.3 Å². The smallest absolute Gasteiger partial charge is 0.275 e. The summed E-state index contributed by atoms with van der Waals surface area (Å²) in [4.78, 5) is 24.0. The van der Waals surface area contributed by atoms with Crippen molar-refractivity contribution in [3.05, 3.63) is 58.6 Å². The normalized spacial score (nSPS) is 11.1. The second kappa shape index (κ2) is 8.30. The molecule has 0 aliphatic carbocycles. The minimum absolute atomic E-state index is 0.00755. The van der Waals surface area contributed by atoms with Gasteiger partial charge in [0.05, 0.1) is 12.0 Å². The van der Waals surface area contributed by atoms with Gasteiger partial charge in [-0.1, -0.05) is 29.3 Å². The highest BCUT2D eigenvalue weighted by Gasteiger charge is 2.11. The quantitative estimate of drug-likeness (QED) is 0.563. The number of hydrazone groups is 1. The lowest BCUT2D eigenvalue weighted by Crippen LogP contribution is -2.21. The van der Waals surface area contributed by atoms with Crippen LogP contribution in [0.3, 0.4) is 0 Å².